The van der Waals surface area contributed by atoms with Gasteiger partial charge in [0, 0.05) is 22.3 Å². The zero-order chi connectivity index (χ0) is 18.1. The highest BCUT2D eigenvalue weighted by atomic mass is 16.7. The van der Waals surface area contributed by atoms with Crippen LogP contribution in [0.25, 0.3) is 0 Å². The van der Waals surface area contributed by atoms with Crippen molar-refractivity contribution in [3.63, 3.8) is 0 Å². The molecule has 3 aromatic carbocycles. The van der Waals surface area contributed by atoms with Gasteiger partial charge < -0.3 is 9.47 Å². The molecule has 0 aliphatic heterocycles. The standard InChI is InChI=1S/C21H12O5/c22-19-15-8-4-5-9-16(15)20(23)18-12-14(10-11-17(18)19)26-21(24)25-13-6-2-1-3-7-13/h1-12H. The number of hydrogen-bond acceptors (Lipinski definition) is 5. The van der Waals surface area contributed by atoms with E-state index in [2.05, 4.69) is 0 Å². The van der Waals surface area contributed by atoms with Crippen molar-refractivity contribution in [2.75, 3.05) is 0 Å². The number of para-hydroxylation sites is 1. The van der Waals surface area contributed by atoms with Crippen molar-refractivity contribution in [3.8, 4) is 11.5 Å². The second kappa shape index (κ2) is 6.29. The second-order valence-corrected chi connectivity index (χ2v) is 5.68. The van der Waals surface area contributed by atoms with E-state index in [9.17, 15) is 14.4 Å². The molecule has 3 aromatic rings. The largest absolute Gasteiger partial charge is 0.519 e. The lowest BCUT2D eigenvalue weighted by Gasteiger charge is -2.17. The summed E-state index contributed by atoms with van der Waals surface area (Å²) in [6.45, 7) is 0. The van der Waals surface area contributed by atoms with Crippen LogP contribution >= 0.6 is 0 Å². The Morgan fingerprint density at radius 2 is 1.12 bits per heavy atom. The van der Waals surface area contributed by atoms with Crippen molar-refractivity contribution < 1.29 is 23.9 Å². The number of fused-ring (bicyclic) bond motifs is 2. The van der Waals surface area contributed by atoms with Gasteiger partial charge >= 0.3 is 6.16 Å². The molecule has 0 unspecified atom stereocenters. The molecule has 0 spiro atoms. The van der Waals surface area contributed by atoms with Crippen molar-refractivity contribution >= 4 is 17.7 Å². The van der Waals surface area contributed by atoms with E-state index in [0.29, 0.717) is 16.9 Å². The van der Waals surface area contributed by atoms with Gasteiger partial charge in [0.25, 0.3) is 0 Å². The third kappa shape index (κ3) is 2.75. The van der Waals surface area contributed by atoms with E-state index in [1.807, 2.05) is 0 Å². The molecule has 0 N–H and O–H groups in total. The average molecular weight is 344 g/mol. The zero-order valence-corrected chi connectivity index (χ0v) is 13.5. The summed E-state index contributed by atoms with van der Waals surface area (Å²) in [6.07, 6.45) is -0.925. The Hall–Kier alpha value is -3.73. The van der Waals surface area contributed by atoms with Crippen LogP contribution in [0.2, 0.25) is 0 Å². The molecule has 5 heteroatoms. The lowest BCUT2D eigenvalue weighted by atomic mass is 9.84. The zero-order valence-electron chi connectivity index (χ0n) is 13.5. The van der Waals surface area contributed by atoms with Crippen LogP contribution in [0, 0.1) is 0 Å². The molecular formula is C21H12O5. The molecule has 26 heavy (non-hydrogen) atoms. The molecule has 5 nitrogen and oxygen atoms in total. The Bertz CT molecular complexity index is 1040. The molecule has 1 aliphatic carbocycles. The topological polar surface area (TPSA) is 69.7 Å². The predicted octanol–water partition coefficient (Wildman–Crippen LogP) is 4.04. The third-order valence-corrected chi connectivity index (χ3v) is 4.04. The quantitative estimate of drug-likeness (QED) is 0.405. The van der Waals surface area contributed by atoms with E-state index in [1.165, 1.54) is 18.2 Å². The van der Waals surface area contributed by atoms with Gasteiger partial charge in [0.05, 0.1) is 0 Å². The monoisotopic (exact) mass is 344 g/mol. The van der Waals surface area contributed by atoms with Gasteiger partial charge in [-0.15, -0.1) is 0 Å². The van der Waals surface area contributed by atoms with Crippen molar-refractivity contribution in [1.82, 2.24) is 0 Å². The number of ketones is 2. The predicted molar refractivity (Wildman–Crippen MR) is 92.8 cm³/mol. The van der Waals surface area contributed by atoms with Crippen LogP contribution in [0.15, 0.2) is 72.8 Å². The fraction of sp³-hybridized carbons (Fsp3) is 0. The van der Waals surface area contributed by atoms with Crippen LogP contribution in [-0.4, -0.2) is 17.7 Å². The Labute approximate surface area is 148 Å². The maximum atomic E-state index is 12.7. The molecule has 0 amide bonds. The lowest BCUT2D eigenvalue weighted by molar-refractivity contribution is 0.0978. The Morgan fingerprint density at radius 1 is 0.577 bits per heavy atom. The summed E-state index contributed by atoms with van der Waals surface area (Å²) in [5.74, 6) is -0.0356. The van der Waals surface area contributed by atoms with E-state index >= 15 is 0 Å². The Balaban J connectivity index is 1.60. The van der Waals surface area contributed by atoms with Crippen LogP contribution < -0.4 is 9.47 Å². The Kier molecular flexibility index (Phi) is 3.82. The molecule has 126 valence electrons. The fourth-order valence-electron chi connectivity index (χ4n) is 2.84. The van der Waals surface area contributed by atoms with E-state index < -0.39 is 6.16 Å². The van der Waals surface area contributed by atoms with Crippen molar-refractivity contribution in [2.45, 2.75) is 0 Å². The highest BCUT2D eigenvalue weighted by Crippen LogP contribution is 2.30. The molecule has 0 bridgehead atoms. The fourth-order valence-corrected chi connectivity index (χ4v) is 2.84. The summed E-state index contributed by atoms with van der Waals surface area (Å²) < 4.78 is 10.2. The normalized spacial score (nSPS) is 12.2. The summed E-state index contributed by atoms with van der Waals surface area (Å²) in [5, 5.41) is 0. The molecular weight excluding hydrogens is 332 g/mol. The number of rotatable bonds is 2. The molecule has 0 atom stereocenters. The van der Waals surface area contributed by atoms with Gasteiger partial charge in [-0.2, -0.15) is 0 Å². The molecule has 0 saturated carbocycles. The van der Waals surface area contributed by atoms with E-state index in [4.69, 9.17) is 9.47 Å². The summed E-state index contributed by atoms with van der Waals surface area (Å²) in [7, 11) is 0. The average Bonchev–Trinajstić information content (AvgIpc) is 2.67. The third-order valence-electron chi connectivity index (χ3n) is 4.04. The van der Waals surface area contributed by atoms with Crippen molar-refractivity contribution in [2.24, 2.45) is 0 Å². The number of ether oxygens (including phenoxy) is 2. The van der Waals surface area contributed by atoms with E-state index in [1.54, 1.807) is 54.6 Å². The van der Waals surface area contributed by atoms with Gasteiger partial charge in [-0.05, 0) is 30.3 Å². The minimum atomic E-state index is -0.925. The number of carbonyl (C=O) groups is 3. The highest BCUT2D eigenvalue weighted by Gasteiger charge is 2.29. The molecule has 1 aliphatic rings. The molecule has 0 fully saturated rings. The van der Waals surface area contributed by atoms with Crippen LogP contribution in [0.4, 0.5) is 4.79 Å². The summed E-state index contributed by atoms with van der Waals surface area (Å²) >= 11 is 0. The van der Waals surface area contributed by atoms with E-state index in [0.717, 1.165) is 0 Å². The van der Waals surface area contributed by atoms with Crippen LogP contribution in [0.1, 0.15) is 31.8 Å². The molecule has 0 saturated heterocycles. The number of carbonyl (C=O) groups excluding carboxylic acids is 3. The van der Waals surface area contributed by atoms with Gasteiger partial charge in [-0.3, -0.25) is 9.59 Å². The molecule has 0 heterocycles. The first-order valence-electron chi connectivity index (χ1n) is 7.90. The van der Waals surface area contributed by atoms with Gasteiger partial charge in [-0.1, -0.05) is 42.5 Å². The molecule has 4 rings (SSSR count). The SMILES string of the molecule is O=C(Oc1ccccc1)Oc1ccc2c(c1)C(=O)c1ccccc1C2=O. The van der Waals surface area contributed by atoms with Gasteiger partial charge in [-0.25, -0.2) is 4.79 Å². The number of benzene rings is 3. The van der Waals surface area contributed by atoms with Crippen LogP contribution in [0.5, 0.6) is 11.5 Å². The van der Waals surface area contributed by atoms with Crippen molar-refractivity contribution in [3.05, 3.63) is 95.1 Å². The lowest BCUT2D eigenvalue weighted by Crippen LogP contribution is -2.21. The molecule has 0 aromatic heterocycles. The summed E-state index contributed by atoms with van der Waals surface area (Å²) in [5.41, 5.74) is 1.22. The number of hydrogen-bond donors (Lipinski definition) is 0. The van der Waals surface area contributed by atoms with Gasteiger partial charge in [0.15, 0.2) is 11.6 Å². The first kappa shape index (κ1) is 15.8. The van der Waals surface area contributed by atoms with Crippen LogP contribution in [0.3, 0.4) is 0 Å². The maximum absolute atomic E-state index is 12.7. The minimum absolute atomic E-state index is 0.130. The first-order valence-corrected chi connectivity index (χ1v) is 7.90. The van der Waals surface area contributed by atoms with Gasteiger partial charge in [0.2, 0.25) is 0 Å². The van der Waals surface area contributed by atoms with Gasteiger partial charge in [0.1, 0.15) is 11.5 Å². The first-order chi connectivity index (χ1) is 12.6. The Morgan fingerprint density at radius 3 is 1.81 bits per heavy atom. The molecule has 0 radical (unpaired) electrons. The van der Waals surface area contributed by atoms with Crippen LogP contribution in [-0.2, 0) is 0 Å². The highest BCUT2D eigenvalue weighted by molar-refractivity contribution is 6.28. The minimum Gasteiger partial charge on any atom is -0.395 e. The van der Waals surface area contributed by atoms with Crippen molar-refractivity contribution in [1.29, 1.82) is 0 Å². The smallest absolute Gasteiger partial charge is 0.395 e. The maximum Gasteiger partial charge on any atom is 0.519 e. The summed E-state index contributed by atoms with van der Waals surface area (Å²) in [6, 6.07) is 19.5. The second-order valence-electron chi connectivity index (χ2n) is 5.68. The summed E-state index contributed by atoms with van der Waals surface area (Å²) in [4.78, 5) is 37.1. The van der Waals surface area contributed by atoms with E-state index in [-0.39, 0.29) is 28.4 Å².